The smallest absolute Gasteiger partial charge is 0.225 e. The lowest BCUT2D eigenvalue weighted by Crippen LogP contribution is -2.05. The summed E-state index contributed by atoms with van der Waals surface area (Å²) in [7, 11) is 0. The normalized spacial score (nSPS) is 17.0. The Labute approximate surface area is 149 Å². The zero-order valence-corrected chi connectivity index (χ0v) is 14.4. The maximum Gasteiger partial charge on any atom is 0.225 e. The highest BCUT2D eigenvalue weighted by atomic mass is 79.9. The zero-order chi connectivity index (χ0) is 17.4. The van der Waals surface area contributed by atoms with Crippen LogP contribution < -0.4 is 4.74 Å². The van der Waals surface area contributed by atoms with Gasteiger partial charge in [-0.2, -0.15) is 10.1 Å². The Morgan fingerprint density at radius 1 is 1.24 bits per heavy atom. The van der Waals surface area contributed by atoms with Crippen LogP contribution >= 0.6 is 15.9 Å². The highest BCUT2D eigenvalue weighted by Gasteiger charge is 2.17. The molecular formula is C16H12BrFN4O3. The number of hydrogen-bond donors (Lipinski definition) is 1. The largest absolute Gasteiger partial charge is 0.493 e. The van der Waals surface area contributed by atoms with Gasteiger partial charge in [-0.25, -0.2) is 14.1 Å². The molecule has 0 amide bonds. The van der Waals surface area contributed by atoms with Crippen molar-refractivity contribution in [2.75, 3.05) is 13.2 Å². The van der Waals surface area contributed by atoms with E-state index in [1.165, 1.54) is 23.0 Å². The zero-order valence-electron chi connectivity index (χ0n) is 12.8. The van der Waals surface area contributed by atoms with Crippen molar-refractivity contribution in [3.63, 3.8) is 0 Å². The number of nitrogens with zero attached hydrogens (tertiary/aromatic N) is 4. The second kappa shape index (κ2) is 6.41. The molecule has 0 saturated carbocycles. The Bertz CT molecular complexity index is 989. The van der Waals surface area contributed by atoms with Crippen LogP contribution in [-0.4, -0.2) is 38.1 Å². The summed E-state index contributed by atoms with van der Waals surface area (Å²) < 4.78 is 27.1. The number of aromatic nitrogens is 4. The number of halogens is 2. The Morgan fingerprint density at radius 2 is 2.12 bits per heavy atom. The van der Waals surface area contributed by atoms with E-state index in [-0.39, 0.29) is 19.1 Å². The van der Waals surface area contributed by atoms with Gasteiger partial charge in [-0.1, -0.05) is 15.9 Å². The van der Waals surface area contributed by atoms with Crippen molar-refractivity contribution >= 4 is 27.0 Å². The van der Waals surface area contributed by atoms with Crippen molar-refractivity contribution in [1.29, 1.82) is 0 Å². The minimum absolute atomic E-state index is 0.120. The van der Waals surface area contributed by atoms with Gasteiger partial charge >= 0.3 is 0 Å². The van der Waals surface area contributed by atoms with Crippen LogP contribution in [0.1, 0.15) is 5.82 Å². The highest BCUT2D eigenvalue weighted by molar-refractivity contribution is 9.11. The molecular weight excluding hydrogens is 395 g/mol. The van der Waals surface area contributed by atoms with Crippen LogP contribution in [0.15, 0.2) is 35.0 Å². The van der Waals surface area contributed by atoms with Crippen LogP contribution in [0, 0.1) is 5.82 Å². The molecule has 4 rings (SSSR count). The fraction of sp³-hybridized carbons (Fsp3) is 0.188. The van der Waals surface area contributed by atoms with E-state index in [9.17, 15) is 9.50 Å². The third kappa shape index (κ3) is 3.08. The summed E-state index contributed by atoms with van der Waals surface area (Å²) >= 11 is 3.38. The number of ether oxygens (including phenoxy) is 2. The molecule has 2 aromatic heterocycles. The molecule has 3 heterocycles. The van der Waals surface area contributed by atoms with Crippen LogP contribution in [0.5, 0.6) is 11.6 Å². The van der Waals surface area contributed by atoms with Crippen LogP contribution in [0.4, 0.5) is 4.39 Å². The third-order valence-corrected chi connectivity index (χ3v) is 4.17. The molecule has 128 valence electrons. The Hall–Kier alpha value is -2.52. The molecule has 9 heteroatoms. The van der Waals surface area contributed by atoms with Gasteiger partial charge in [0.05, 0.1) is 12.8 Å². The van der Waals surface area contributed by atoms with Crippen molar-refractivity contribution in [3.05, 3.63) is 46.6 Å². The first-order valence-corrected chi connectivity index (χ1v) is 8.20. The molecule has 0 saturated heterocycles. The molecule has 0 unspecified atom stereocenters. The van der Waals surface area contributed by atoms with Crippen LogP contribution in [-0.2, 0) is 11.3 Å². The van der Waals surface area contributed by atoms with E-state index in [1.54, 1.807) is 12.1 Å². The summed E-state index contributed by atoms with van der Waals surface area (Å²) in [5.41, 5.74) is 0.888. The quantitative estimate of drug-likeness (QED) is 0.617. The van der Waals surface area contributed by atoms with Gasteiger partial charge in [0, 0.05) is 10.5 Å². The van der Waals surface area contributed by atoms with E-state index in [0.29, 0.717) is 34.9 Å². The van der Waals surface area contributed by atoms with E-state index in [1.807, 2.05) is 0 Å². The highest BCUT2D eigenvalue weighted by Crippen LogP contribution is 2.29. The Balaban J connectivity index is 1.94. The first kappa shape index (κ1) is 16.0. The summed E-state index contributed by atoms with van der Waals surface area (Å²) in [6, 6.07) is 4.14. The Kier molecular flexibility index (Phi) is 4.10. The lowest BCUT2D eigenvalue weighted by molar-refractivity contribution is 0.140. The van der Waals surface area contributed by atoms with Gasteiger partial charge in [-0.15, -0.1) is 0 Å². The third-order valence-electron chi connectivity index (χ3n) is 3.62. The minimum atomic E-state index is -0.427. The molecule has 0 atom stereocenters. The molecule has 0 radical (unpaired) electrons. The first-order chi connectivity index (χ1) is 12.1. The van der Waals surface area contributed by atoms with Crippen LogP contribution in [0.3, 0.4) is 0 Å². The van der Waals surface area contributed by atoms with Gasteiger partial charge in [0.15, 0.2) is 11.5 Å². The van der Waals surface area contributed by atoms with Crippen molar-refractivity contribution in [2.24, 2.45) is 0 Å². The van der Waals surface area contributed by atoms with Gasteiger partial charge in [0.25, 0.3) is 0 Å². The fourth-order valence-electron chi connectivity index (χ4n) is 2.48. The monoisotopic (exact) mass is 406 g/mol. The van der Waals surface area contributed by atoms with Gasteiger partial charge in [0.2, 0.25) is 5.88 Å². The number of benzene rings is 1. The van der Waals surface area contributed by atoms with Gasteiger partial charge in [-0.3, -0.25) is 0 Å². The molecule has 0 spiro atoms. The number of rotatable bonds is 0. The summed E-state index contributed by atoms with van der Waals surface area (Å²) in [5, 5.41) is 14.8. The average Bonchev–Trinajstić information content (AvgIpc) is 2.99. The van der Waals surface area contributed by atoms with Crippen LogP contribution in [0.25, 0.3) is 16.7 Å². The van der Waals surface area contributed by atoms with E-state index >= 15 is 0 Å². The molecule has 1 N–H and O–H groups in total. The standard InChI is InChI=1S/C16H12BrFN4O3/c17-9-3-4-25-13-5-10(18)1-2-12(13)22-15-11(6-19-22)16(23)21-14(20-15)8-24-7-9/h1-3,5-6H,4,7-8H2,(H,20,21,23)/b9-3-. The van der Waals surface area contributed by atoms with Gasteiger partial charge in [0.1, 0.15) is 35.9 Å². The molecule has 2 bridgehead atoms. The molecule has 1 aliphatic heterocycles. The van der Waals surface area contributed by atoms with Crippen molar-refractivity contribution in [3.8, 4) is 17.3 Å². The molecule has 0 fully saturated rings. The van der Waals surface area contributed by atoms with Crippen molar-refractivity contribution < 1.29 is 19.0 Å². The van der Waals surface area contributed by atoms with Crippen molar-refractivity contribution in [2.45, 2.75) is 6.61 Å². The van der Waals surface area contributed by atoms with Gasteiger partial charge in [-0.05, 0) is 18.2 Å². The van der Waals surface area contributed by atoms with Crippen LogP contribution in [0.2, 0.25) is 0 Å². The predicted octanol–water partition coefficient (Wildman–Crippen LogP) is 2.85. The lowest BCUT2D eigenvalue weighted by Gasteiger charge is -2.11. The lowest BCUT2D eigenvalue weighted by atomic mass is 10.3. The fourth-order valence-corrected chi connectivity index (χ4v) is 2.77. The molecule has 1 aromatic carbocycles. The summed E-state index contributed by atoms with van der Waals surface area (Å²) in [4.78, 5) is 8.43. The second-order valence-corrected chi connectivity index (χ2v) is 6.34. The SMILES string of the molecule is Oc1nc2nc3c1cnn3-c1ccc(F)cc1OC/C=C(\Br)COC2. The average molecular weight is 407 g/mol. The van der Waals surface area contributed by atoms with Gasteiger partial charge < -0.3 is 14.6 Å². The maximum atomic E-state index is 13.7. The molecule has 7 nitrogen and oxygen atoms in total. The Morgan fingerprint density at radius 3 is 3.00 bits per heavy atom. The molecule has 3 aromatic rings. The van der Waals surface area contributed by atoms with E-state index in [0.717, 1.165) is 4.48 Å². The second-order valence-electron chi connectivity index (χ2n) is 5.32. The summed E-state index contributed by atoms with van der Waals surface area (Å²) in [5.74, 6) is 0.00484. The summed E-state index contributed by atoms with van der Waals surface area (Å²) in [6.45, 7) is 0.634. The van der Waals surface area contributed by atoms with Crippen molar-refractivity contribution in [1.82, 2.24) is 19.7 Å². The number of fused-ring (bicyclic) bond motifs is 3. The van der Waals surface area contributed by atoms with E-state index < -0.39 is 5.82 Å². The number of hydrogen-bond acceptors (Lipinski definition) is 6. The maximum absolute atomic E-state index is 13.7. The summed E-state index contributed by atoms with van der Waals surface area (Å²) in [6.07, 6.45) is 3.23. The predicted molar refractivity (Wildman–Crippen MR) is 90.4 cm³/mol. The topological polar surface area (TPSA) is 82.3 Å². The first-order valence-electron chi connectivity index (χ1n) is 7.40. The van der Waals surface area contributed by atoms with E-state index in [2.05, 4.69) is 31.0 Å². The molecule has 25 heavy (non-hydrogen) atoms. The molecule has 0 aliphatic carbocycles. The van der Waals surface area contributed by atoms with E-state index in [4.69, 9.17) is 9.47 Å². The molecule has 1 aliphatic rings. The number of aromatic hydroxyl groups is 1. The minimum Gasteiger partial charge on any atom is -0.493 e.